The molecule has 4 aromatic heterocycles. The third-order valence-corrected chi connectivity index (χ3v) is 5.58. The van der Waals surface area contributed by atoms with Crippen molar-refractivity contribution in [2.45, 2.75) is 25.3 Å². The van der Waals surface area contributed by atoms with E-state index < -0.39 is 0 Å². The minimum Gasteiger partial charge on any atom is -0.297 e. The van der Waals surface area contributed by atoms with Crippen molar-refractivity contribution in [3.8, 4) is 0 Å². The van der Waals surface area contributed by atoms with Gasteiger partial charge in [-0.15, -0.1) is 10.2 Å². The Bertz CT molecular complexity index is 1210. The number of aromatic nitrogens is 5. The molecule has 0 N–H and O–H groups in total. The molecule has 5 rings (SSSR count). The molecular formula is C20H19ClN6O. The maximum Gasteiger partial charge on any atom is 0.258 e. The molecule has 0 amide bonds. The van der Waals surface area contributed by atoms with Crippen molar-refractivity contribution < 1.29 is 0 Å². The van der Waals surface area contributed by atoms with Crippen LogP contribution in [0.25, 0.3) is 11.3 Å². The minimum atomic E-state index is -0.104. The number of hydrogen-bond acceptors (Lipinski definition) is 5. The topological polar surface area (TPSA) is 67.8 Å². The SMILES string of the molecule is O=c1cc(CN2CCC(c3nnc4ccccn34)CC2)nc2ccc(Cl)cn12. The number of hydrogen-bond donors (Lipinski definition) is 0. The van der Waals surface area contributed by atoms with E-state index in [0.717, 1.165) is 43.1 Å². The van der Waals surface area contributed by atoms with Gasteiger partial charge in [0.25, 0.3) is 5.56 Å². The fourth-order valence-corrected chi connectivity index (χ4v) is 4.08. The van der Waals surface area contributed by atoms with Crippen LogP contribution in [0.5, 0.6) is 0 Å². The molecule has 0 aliphatic carbocycles. The van der Waals surface area contributed by atoms with Crippen molar-refractivity contribution in [2.75, 3.05) is 13.1 Å². The molecule has 1 fully saturated rings. The van der Waals surface area contributed by atoms with Crippen LogP contribution in [0.2, 0.25) is 5.02 Å². The highest BCUT2D eigenvalue weighted by molar-refractivity contribution is 6.30. The van der Waals surface area contributed by atoms with Crippen LogP contribution >= 0.6 is 11.6 Å². The van der Waals surface area contributed by atoms with Gasteiger partial charge in [0.05, 0.1) is 10.7 Å². The van der Waals surface area contributed by atoms with Gasteiger partial charge in [-0.25, -0.2) is 4.98 Å². The molecule has 0 spiro atoms. The van der Waals surface area contributed by atoms with Crippen molar-refractivity contribution in [1.29, 1.82) is 0 Å². The van der Waals surface area contributed by atoms with Crippen LogP contribution in [0.1, 0.15) is 30.3 Å². The fraction of sp³-hybridized carbons (Fsp3) is 0.300. The fourth-order valence-electron chi connectivity index (χ4n) is 3.92. The van der Waals surface area contributed by atoms with Gasteiger partial charge in [-0.2, -0.15) is 0 Å². The minimum absolute atomic E-state index is 0.104. The summed E-state index contributed by atoms with van der Waals surface area (Å²) in [5.41, 5.74) is 2.20. The lowest BCUT2D eigenvalue weighted by molar-refractivity contribution is 0.199. The molecule has 142 valence electrons. The van der Waals surface area contributed by atoms with Crippen molar-refractivity contribution in [2.24, 2.45) is 0 Å². The molecule has 0 aromatic carbocycles. The summed E-state index contributed by atoms with van der Waals surface area (Å²) < 4.78 is 3.56. The molecule has 1 aliphatic heterocycles. The van der Waals surface area contributed by atoms with E-state index in [2.05, 4.69) is 24.5 Å². The highest BCUT2D eigenvalue weighted by Crippen LogP contribution is 2.27. The van der Waals surface area contributed by atoms with Gasteiger partial charge in [-0.05, 0) is 50.2 Å². The largest absolute Gasteiger partial charge is 0.297 e. The summed E-state index contributed by atoms with van der Waals surface area (Å²) in [4.78, 5) is 19.3. The maximum absolute atomic E-state index is 12.4. The van der Waals surface area contributed by atoms with Crippen LogP contribution in [0.3, 0.4) is 0 Å². The van der Waals surface area contributed by atoms with Gasteiger partial charge in [0.2, 0.25) is 0 Å². The first-order chi connectivity index (χ1) is 13.7. The van der Waals surface area contributed by atoms with E-state index in [1.54, 1.807) is 24.4 Å². The van der Waals surface area contributed by atoms with Crippen LogP contribution in [-0.2, 0) is 6.54 Å². The van der Waals surface area contributed by atoms with Gasteiger partial charge in [0, 0.05) is 30.9 Å². The Morgan fingerprint density at radius 3 is 2.75 bits per heavy atom. The van der Waals surface area contributed by atoms with Gasteiger partial charge in [-0.1, -0.05) is 17.7 Å². The second-order valence-corrected chi connectivity index (χ2v) is 7.64. The van der Waals surface area contributed by atoms with E-state index in [-0.39, 0.29) is 5.56 Å². The maximum atomic E-state index is 12.4. The van der Waals surface area contributed by atoms with Crippen LogP contribution in [0, 0.1) is 0 Å². The number of piperidine rings is 1. The highest BCUT2D eigenvalue weighted by atomic mass is 35.5. The first-order valence-electron chi connectivity index (χ1n) is 9.37. The van der Waals surface area contributed by atoms with Crippen molar-refractivity contribution >= 4 is 22.9 Å². The molecule has 28 heavy (non-hydrogen) atoms. The Hall–Kier alpha value is -2.77. The van der Waals surface area contributed by atoms with Crippen LogP contribution in [0.15, 0.2) is 53.6 Å². The summed E-state index contributed by atoms with van der Waals surface area (Å²) in [6.45, 7) is 2.55. The Morgan fingerprint density at radius 2 is 1.89 bits per heavy atom. The number of pyridine rings is 2. The van der Waals surface area contributed by atoms with Gasteiger partial charge in [-0.3, -0.25) is 18.5 Å². The summed E-state index contributed by atoms with van der Waals surface area (Å²) >= 11 is 5.97. The Morgan fingerprint density at radius 1 is 1.04 bits per heavy atom. The number of rotatable bonds is 3. The van der Waals surface area contributed by atoms with Gasteiger partial charge >= 0.3 is 0 Å². The summed E-state index contributed by atoms with van der Waals surface area (Å²) in [5.74, 6) is 1.43. The Balaban J connectivity index is 1.30. The highest BCUT2D eigenvalue weighted by Gasteiger charge is 2.24. The zero-order valence-electron chi connectivity index (χ0n) is 15.2. The number of nitrogens with zero attached hydrogens (tertiary/aromatic N) is 6. The Labute approximate surface area is 166 Å². The average Bonchev–Trinajstić information content (AvgIpc) is 3.13. The number of halogens is 1. The monoisotopic (exact) mass is 394 g/mol. The summed E-state index contributed by atoms with van der Waals surface area (Å²) in [5, 5.41) is 9.20. The molecule has 0 bridgehead atoms. The van der Waals surface area contributed by atoms with E-state index in [0.29, 0.717) is 23.1 Å². The molecule has 8 heteroatoms. The summed E-state index contributed by atoms with van der Waals surface area (Å²) in [6.07, 6.45) is 5.65. The third-order valence-electron chi connectivity index (χ3n) is 5.35. The standard InChI is InChI=1S/C20H19ClN6O/c21-15-4-5-17-22-16(11-19(28)27(17)12-15)13-25-9-6-14(7-10-25)20-24-23-18-3-1-2-8-26(18)20/h1-5,8,11-12,14H,6-7,9-10,13H2. The Kier molecular flexibility index (Phi) is 4.33. The molecule has 0 unspecified atom stereocenters. The molecule has 0 radical (unpaired) electrons. The molecule has 1 aliphatic rings. The molecule has 5 heterocycles. The smallest absolute Gasteiger partial charge is 0.258 e. The second-order valence-electron chi connectivity index (χ2n) is 7.20. The quantitative estimate of drug-likeness (QED) is 0.534. The van der Waals surface area contributed by atoms with E-state index in [4.69, 9.17) is 11.6 Å². The number of likely N-dealkylation sites (tertiary alicyclic amines) is 1. The number of fused-ring (bicyclic) bond motifs is 2. The third kappa shape index (κ3) is 3.16. The van der Waals surface area contributed by atoms with Crippen molar-refractivity contribution in [3.63, 3.8) is 0 Å². The lowest BCUT2D eigenvalue weighted by Crippen LogP contribution is -2.33. The van der Waals surface area contributed by atoms with Crippen molar-refractivity contribution in [1.82, 2.24) is 28.9 Å². The van der Waals surface area contributed by atoms with Gasteiger partial charge in [0.15, 0.2) is 5.65 Å². The van der Waals surface area contributed by atoms with E-state index in [1.807, 2.05) is 24.4 Å². The molecule has 0 saturated carbocycles. The molecular weight excluding hydrogens is 376 g/mol. The molecule has 0 atom stereocenters. The first kappa shape index (κ1) is 17.3. The average molecular weight is 395 g/mol. The molecule has 4 aromatic rings. The van der Waals surface area contributed by atoms with Crippen LogP contribution in [0.4, 0.5) is 0 Å². The lowest BCUT2D eigenvalue weighted by Gasteiger charge is -2.30. The van der Waals surface area contributed by atoms with Gasteiger partial charge < -0.3 is 0 Å². The van der Waals surface area contributed by atoms with Gasteiger partial charge in [0.1, 0.15) is 11.5 Å². The zero-order chi connectivity index (χ0) is 19.1. The first-order valence-corrected chi connectivity index (χ1v) is 9.75. The molecule has 1 saturated heterocycles. The normalized spacial score (nSPS) is 16.2. The van der Waals surface area contributed by atoms with E-state index in [9.17, 15) is 4.79 Å². The predicted octanol–water partition coefficient (Wildman–Crippen LogP) is 2.77. The second kappa shape index (κ2) is 7.00. The lowest BCUT2D eigenvalue weighted by atomic mass is 9.96. The van der Waals surface area contributed by atoms with Crippen LogP contribution in [-0.4, -0.2) is 42.0 Å². The molecule has 7 nitrogen and oxygen atoms in total. The van der Waals surface area contributed by atoms with E-state index in [1.165, 1.54) is 4.40 Å². The zero-order valence-corrected chi connectivity index (χ0v) is 16.0. The summed E-state index contributed by atoms with van der Waals surface area (Å²) in [7, 11) is 0. The van der Waals surface area contributed by atoms with Crippen molar-refractivity contribution in [3.05, 3.63) is 75.7 Å². The predicted molar refractivity (Wildman–Crippen MR) is 107 cm³/mol. The van der Waals surface area contributed by atoms with E-state index >= 15 is 0 Å². The summed E-state index contributed by atoms with van der Waals surface area (Å²) in [6, 6.07) is 11.1. The van der Waals surface area contributed by atoms with Crippen LogP contribution < -0.4 is 5.56 Å².